The monoisotopic (exact) mass is 208 g/mol. The number of rotatable bonds is 6. The molecule has 2 heteroatoms. The van der Waals surface area contributed by atoms with Gasteiger partial charge < -0.3 is 0 Å². The van der Waals surface area contributed by atoms with E-state index in [2.05, 4.69) is 20.1 Å². The maximum atomic E-state index is 11.6. The molecule has 0 aliphatic rings. The molecule has 0 rings (SSSR count). The van der Waals surface area contributed by atoms with E-state index in [-0.39, 0.29) is 5.12 Å². The number of thioether (sulfide) groups is 1. The van der Waals surface area contributed by atoms with Crippen molar-refractivity contribution in [3.8, 4) is 0 Å². The quantitative estimate of drug-likeness (QED) is 0.491. The van der Waals surface area contributed by atoms with Crippen LogP contribution in [0, 0.1) is 0 Å². The molecule has 0 amide bonds. The largest absolute Gasteiger partial charge is 0.282 e. The van der Waals surface area contributed by atoms with Gasteiger partial charge >= 0.3 is 0 Å². The van der Waals surface area contributed by atoms with Crippen LogP contribution in [0.25, 0.3) is 0 Å². The van der Waals surface area contributed by atoms with Gasteiger partial charge in [-0.05, 0) is 6.42 Å². The van der Waals surface area contributed by atoms with E-state index < -0.39 is 0 Å². The number of hydrogen-bond acceptors (Lipinski definition) is 2. The fraction of sp³-hybridized carbons (Fsp3) is 0.250. The van der Waals surface area contributed by atoms with Gasteiger partial charge in [0.1, 0.15) is 0 Å². The van der Waals surface area contributed by atoms with Crippen molar-refractivity contribution in [1.29, 1.82) is 0 Å². The molecule has 0 aromatic rings. The zero-order valence-electron chi connectivity index (χ0n) is 8.53. The van der Waals surface area contributed by atoms with Gasteiger partial charge in [0, 0.05) is 11.3 Å². The third-order valence-electron chi connectivity index (χ3n) is 1.38. The van der Waals surface area contributed by atoms with Crippen molar-refractivity contribution < 1.29 is 4.79 Å². The molecule has 0 saturated heterocycles. The number of allylic oxidation sites excluding steroid dienone is 5. The third kappa shape index (κ3) is 5.60. The van der Waals surface area contributed by atoms with E-state index in [0.29, 0.717) is 5.57 Å². The fourth-order valence-electron chi connectivity index (χ4n) is 0.768. The Bertz CT molecular complexity index is 261. The first-order chi connectivity index (χ1) is 6.76. The smallest absolute Gasteiger partial charge is 0.219 e. The molecular formula is C12H16OS. The highest BCUT2D eigenvalue weighted by molar-refractivity contribution is 8.14. The molecule has 14 heavy (non-hydrogen) atoms. The van der Waals surface area contributed by atoms with E-state index in [0.717, 1.165) is 12.2 Å². The maximum absolute atomic E-state index is 11.6. The van der Waals surface area contributed by atoms with Gasteiger partial charge in [-0.3, -0.25) is 4.79 Å². The Kier molecular flexibility index (Phi) is 7.95. The molecule has 0 unspecified atom stereocenters. The van der Waals surface area contributed by atoms with Crippen LogP contribution in [0.3, 0.4) is 0 Å². The van der Waals surface area contributed by atoms with Crippen LogP contribution < -0.4 is 0 Å². The van der Waals surface area contributed by atoms with Crippen molar-refractivity contribution >= 4 is 16.9 Å². The summed E-state index contributed by atoms with van der Waals surface area (Å²) in [4.78, 5) is 11.6. The summed E-state index contributed by atoms with van der Waals surface area (Å²) in [7, 11) is 0. The molecule has 0 N–H and O–H groups in total. The minimum Gasteiger partial charge on any atom is -0.282 e. The van der Waals surface area contributed by atoms with Gasteiger partial charge in [-0.1, -0.05) is 62.2 Å². The Labute approximate surface area is 90.3 Å². The molecular weight excluding hydrogens is 192 g/mol. The maximum Gasteiger partial charge on any atom is 0.219 e. The lowest BCUT2D eigenvalue weighted by atomic mass is 10.2. The Morgan fingerprint density at radius 2 is 2.07 bits per heavy atom. The van der Waals surface area contributed by atoms with Crippen LogP contribution in [0.5, 0.6) is 0 Å². The Morgan fingerprint density at radius 3 is 2.57 bits per heavy atom. The standard InChI is InChI=1S/C12H16OS/c1-4-7-9-11(8-5-2)12(13)14-10-6-3/h4-5,7-9H,1-2,6,10H2,3H3/b9-7-,11-8+. The highest BCUT2D eigenvalue weighted by Gasteiger charge is 2.04. The molecule has 0 aliphatic heterocycles. The van der Waals surface area contributed by atoms with Crippen LogP contribution in [-0.4, -0.2) is 10.9 Å². The predicted octanol–water partition coefficient (Wildman–Crippen LogP) is 3.51. The van der Waals surface area contributed by atoms with Gasteiger partial charge in [0.15, 0.2) is 0 Å². The van der Waals surface area contributed by atoms with Gasteiger partial charge in [0.2, 0.25) is 5.12 Å². The summed E-state index contributed by atoms with van der Waals surface area (Å²) in [5.74, 6) is 0.856. The molecule has 0 aromatic heterocycles. The van der Waals surface area contributed by atoms with Crippen molar-refractivity contribution in [3.05, 3.63) is 49.1 Å². The second-order valence-electron chi connectivity index (χ2n) is 2.59. The first kappa shape index (κ1) is 13.0. The third-order valence-corrected chi connectivity index (χ3v) is 2.49. The molecule has 0 fully saturated rings. The fourth-order valence-corrected chi connectivity index (χ4v) is 1.46. The predicted molar refractivity (Wildman–Crippen MR) is 65.4 cm³/mol. The normalized spacial score (nSPS) is 11.6. The first-order valence-corrected chi connectivity index (χ1v) is 5.53. The first-order valence-electron chi connectivity index (χ1n) is 4.55. The molecule has 0 spiro atoms. The molecule has 0 bridgehead atoms. The summed E-state index contributed by atoms with van der Waals surface area (Å²) in [6.45, 7) is 9.18. The number of hydrogen-bond donors (Lipinski definition) is 0. The molecule has 0 saturated carbocycles. The van der Waals surface area contributed by atoms with Crippen molar-refractivity contribution in [2.45, 2.75) is 13.3 Å². The Balaban J connectivity index is 4.41. The lowest BCUT2D eigenvalue weighted by Gasteiger charge is -1.98. The van der Waals surface area contributed by atoms with E-state index in [1.165, 1.54) is 11.8 Å². The summed E-state index contributed by atoms with van der Waals surface area (Å²) < 4.78 is 0. The van der Waals surface area contributed by atoms with Crippen LogP contribution >= 0.6 is 11.8 Å². The van der Waals surface area contributed by atoms with Crippen LogP contribution in [0.4, 0.5) is 0 Å². The summed E-state index contributed by atoms with van der Waals surface area (Å²) in [6, 6.07) is 0. The van der Waals surface area contributed by atoms with E-state index in [1.54, 1.807) is 30.4 Å². The van der Waals surface area contributed by atoms with Crippen LogP contribution in [-0.2, 0) is 4.79 Å². The summed E-state index contributed by atoms with van der Waals surface area (Å²) in [5.41, 5.74) is 0.665. The lowest BCUT2D eigenvalue weighted by molar-refractivity contribution is -0.107. The molecule has 0 aliphatic carbocycles. The second kappa shape index (κ2) is 8.57. The summed E-state index contributed by atoms with van der Waals surface area (Å²) >= 11 is 1.33. The molecule has 1 nitrogen and oxygen atoms in total. The molecule has 0 heterocycles. The van der Waals surface area contributed by atoms with E-state index in [9.17, 15) is 4.79 Å². The minimum atomic E-state index is 0.0878. The van der Waals surface area contributed by atoms with Crippen molar-refractivity contribution in [3.63, 3.8) is 0 Å². The lowest BCUT2D eigenvalue weighted by Crippen LogP contribution is -1.95. The minimum absolute atomic E-state index is 0.0878. The van der Waals surface area contributed by atoms with Crippen LogP contribution in [0.1, 0.15) is 13.3 Å². The highest BCUT2D eigenvalue weighted by atomic mass is 32.2. The van der Waals surface area contributed by atoms with E-state index >= 15 is 0 Å². The SMILES string of the molecule is C=C/C=C\C(=C/C=C)C(=O)SCCC. The van der Waals surface area contributed by atoms with Gasteiger partial charge in [0.25, 0.3) is 0 Å². The van der Waals surface area contributed by atoms with Gasteiger partial charge in [0.05, 0.1) is 0 Å². The average molecular weight is 208 g/mol. The molecule has 76 valence electrons. The van der Waals surface area contributed by atoms with Crippen molar-refractivity contribution in [2.24, 2.45) is 0 Å². The highest BCUT2D eigenvalue weighted by Crippen LogP contribution is 2.13. The number of carbonyl (C=O) groups excluding carboxylic acids is 1. The van der Waals surface area contributed by atoms with Gasteiger partial charge in [-0.2, -0.15) is 0 Å². The molecule has 0 atom stereocenters. The van der Waals surface area contributed by atoms with Crippen molar-refractivity contribution in [1.82, 2.24) is 0 Å². The van der Waals surface area contributed by atoms with E-state index in [1.807, 2.05) is 0 Å². The van der Waals surface area contributed by atoms with Crippen LogP contribution in [0.15, 0.2) is 49.1 Å². The van der Waals surface area contributed by atoms with Crippen LogP contribution in [0.2, 0.25) is 0 Å². The average Bonchev–Trinajstić information content (AvgIpc) is 2.20. The number of carbonyl (C=O) groups is 1. The molecule has 0 aromatic carbocycles. The zero-order valence-corrected chi connectivity index (χ0v) is 9.35. The van der Waals surface area contributed by atoms with E-state index in [4.69, 9.17) is 0 Å². The Hall–Kier alpha value is -1.02. The summed E-state index contributed by atoms with van der Waals surface area (Å²) in [5, 5.41) is 0.0878. The zero-order chi connectivity index (χ0) is 10.8. The second-order valence-corrected chi connectivity index (χ2v) is 3.66. The van der Waals surface area contributed by atoms with Gasteiger partial charge in [-0.15, -0.1) is 0 Å². The molecule has 0 radical (unpaired) electrons. The summed E-state index contributed by atoms with van der Waals surface area (Å²) in [6.07, 6.45) is 9.48. The van der Waals surface area contributed by atoms with Crippen molar-refractivity contribution in [2.75, 3.05) is 5.75 Å². The topological polar surface area (TPSA) is 17.1 Å². The van der Waals surface area contributed by atoms with Gasteiger partial charge in [-0.25, -0.2) is 0 Å². The Morgan fingerprint density at radius 1 is 1.36 bits per heavy atom.